The van der Waals surface area contributed by atoms with E-state index in [0.29, 0.717) is 38.5 Å². The van der Waals surface area contributed by atoms with Gasteiger partial charge in [0.25, 0.3) is 0 Å². The van der Waals surface area contributed by atoms with Crippen LogP contribution >= 0.6 is 11.6 Å². The van der Waals surface area contributed by atoms with Gasteiger partial charge in [-0.05, 0) is 11.6 Å². The third kappa shape index (κ3) is 4.14. The molecule has 0 unspecified atom stereocenters. The van der Waals surface area contributed by atoms with E-state index in [1.807, 2.05) is 0 Å². The average Bonchev–Trinajstić information content (AvgIpc) is 2.71. The Labute approximate surface area is 102 Å². The van der Waals surface area contributed by atoms with E-state index in [-0.39, 0.29) is 0 Å². The lowest BCUT2D eigenvalue weighted by Crippen LogP contribution is -2.48. The summed E-state index contributed by atoms with van der Waals surface area (Å²) in [6.07, 6.45) is 0. The van der Waals surface area contributed by atoms with Crippen LogP contribution in [0.2, 0.25) is 0 Å². The number of rotatable bonds is 4. The molecule has 1 aromatic rings. The van der Waals surface area contributed by atoms with Gasteiger partial charge in [0.1, 0.15) is 0 Å². The molecule has 2 heterocycles. The number of aromatic amines is 1. The van der Waals surface area contributed by atoms with E-state index in [1.54, 1.807) is 4.90 Å². The second-order valence-corrected chi connectivity index (χ2v) is 4.55. The Morgan fingerprint density at radius 1 is 1.24 bits per heavy atom. The van der Waals surface area contributed by atoms with Crippen molar-refractivity contribution in [1.29, 1.82) is 0 Å². The lowest BCUT2D eigenvalue weighted by Gasteiger charge is -2.34. The van der Waals surface area contributed by atoms with Gasteiger partial charge in [0.05, 0.1) is 13.1 Å². The van der Waals surface area contributed by atoms with Crippen molar-refractivity contribution in [3.63, 3.8) is 0 Å². The molecule has 1 fully saturated rings. The Morgan fingerprint density at radius 3 is 2.41 bits per heavy atom. The highest BCUT2D eigenvalue weighted by Gasteiger charge is 2.30. The van der Waals surface area contributed by atoms with Crippen molar-refractivity contribution in [1.82, 2.24) is 30.4 Å². The second kappa shape index (κ2) is 5.19. The first kappa shape index (κ1) is 12.6. The third-order valence-corrected chi connectivity index (χ3v) is 2.74. The van der Waals surface area contributed by atoms with Crippen molar-refractivity contribution in [2.24, 2.45) is 0 Å². The predicted octanol–water partition coefficient (Wildman–Crippen LogP) is 0.149. The molecular weight excluding hydrogens is 254 g/mol. The molecule has 0 aliphatic carbocycles. The predicted molar refractivity (Wildman–Crippen MR) is 56.7 cm³/mol. The van der Waals surface area contributed by atoms with Crippen LogP contribution in [0.15, 0.2) is 0 Å². The van der Waals surface area contributed by atoms with Crippen molar-refractivity contribution in [2.45, 2.75) is 11.9 Å². The number of aromatic nitrogens is 4. The average molecular weight is 267 g/mol. The zero-order valence-corrected chi connectivity index (χ0v) is 9.87. The second-order valence-electron chi connectivity index (χ2n) is 4.00. The lowest BCUT2D eigenvalue weighted by atomic mass is 10.3. The van der Waals surface area contributed by atoms with Gasteiger partial charge in [-0.3, -0.25) is 9.80 Å². The van der Waals surface area contributed by atoms with Gasteiger partial charge in [-0.2, -0.15) is 14.0 Å². The van der Waals surface area contributed by atoms with Crippen molar-refractivity contribution in [3.05, 3.63) is 5.82 Å². The van der Waals surface area contributed by atoms with Crippen LogP contribution in [-0.4, -0.2) is 68.5 Å². The number of hydrogen-bond acceptors (Lipinski definition) is 5. The number of alkyl halides is 3. The van der Waals surface area contributed by atoms with Gasteiger partial charge in [0, 0.05) is 26.2 Å². The smallest absolute Gasteiger partial charge is 0.294 e. The highest BCUT2D eigenvalue weighted by molar-refractivity contribution is 6.21. The third-order valence-electron chi connectivity index (χ3n) is 2.62. The molecule has 0 atom stereocenters. The van der Waals surface area contributed by atoms with Crippen molar-refractivity contribution in [2.75, 3.05) is 32.7 Å². The molecule has 1 aliphatic rings. The molecule has 9 heteroatoms. The number of H-pyrrole nitrogens is 1. The number of halogens is 3. The van der Waals surface area contributed by atoms with Crippen LogP contribution in [0.5, 0.6) is 0 Å². The minimum Gasteiger partial charge on any atom is -0.294 e. The van der Waals surface area contributed by atoms with Crippen LogP contribution in [0, 0.1) is 0 Å². The maximum atomic E-state index is 12.6. The summed E-state index contributed by atoms with van der Waals surface area (Å²) in [5.41, 5.74) is 0. The number of hydrogen-bond donors (Lipinski definition) is 1. The molecule has 6 nitrogen and oxygen atoms in total. The summed E-state index contributed by atoms with van der Waals surface area (Å²) in [5, 5.41) is 10.4. The zero-order valence-electron chi connectivity index (χ0n) is 9.11. The standard InChI is InChI=1S/C8H13ClF2N6/c9-8(10,11)6-17-3-1-16(2-4-17)5-7-12-14-15-13-7/h1-6H2,(H,12,13,14,15). The lowest BCUT2D eigenvalue weighted by molar-refractivity contribution is 0.0242. The topological polar surface area (TPSA) is 60.9 Å². The highest BCUT2D eigenvalue weighted by Crippen LogP contribution is 2.20. The van der Waals surface area contributed by atoms with Gasteiger partial charge in [0.2, 0.25) is 0 Å². The Balaban J connectivity index is 1.74. The minimum absolute atomic E-state index is 0.398. The zero-order chi connectivity index (χ0) is 12.3. The van der Waals surface area contributed by atoms with Crippen LogP contribution in [0.3, 0.4) is 0 Å². The molecule has 1 saturated heterocycles. The van der Waals surface area contributed by atoms with E-state index in [1.165, 1.54) is 0 Å². The van der Waals surface area contributed by atoms with Gasteiger partial charge in [-0.25, -0.2) is 0 Å². The Kier molecular flexibility index (Phi) is 3.85. The highest BCUT2D eigenvalue weighted by atomic mass is 35.5. The molecule has 0 amide bonds. The Hall–Kier alpha value is -0.860. The van der Waals surface area contributed by atoms with E-state index in [2.05, 4.69) is 25.5 Å². The first-order chi connectivity index (χ1) is 8.03. The molecule has 2 rings (SSSR count). The van der Waals surface area contributed by atoms with E-state index in [4.69, 9.17) is 11.6 Å². The molecule has 0 spiro atoms. The van der Waals surface area contributed by atoms with Crippen LogP contribution in [0.1, 0.15) is 5.82 Å². The molecule has 1 aliphatic heterocycles. The minimum atomic E-state index is -3.14. The SMILES string of the molecule is FC(F)(Cl)CN1CCN(Cc2nn[nH]n2)CC1. The fourth-order valence-corrected chi connectivity index (χ4v) is 1.98. The van der Waals surface area contributed by atoms with Gasteiger partial charge in [0.15, 0.2) is 5.82 Å². The van der Waals surface area contributed by atoms with Gasteiger partial charge < -0.3 is 0 Å². The molecule has 0 aromatic carbocycles. The molecular formula is C8H13ClF2N6. The molecule has 0 bridgehead atoms. The van der Waals surface area contributed by atoms with E-state index in [9.17, 15) is 8.78 Å². The monoisotopic (exact) mass is 266 g/mol. The first-order valence-corrected chi connectivity index (χ1v) is 5.64. The summed E-state index contributed by atoms with van der Waals surface area (Å²) in [7, 11) is 0. The van der Waals surface area contributed by atoms with Crippen LogP contribution < -0.4 is 0 Å². The maximum absolute atomic E-state index is 12.6. The number of tetrazole rings is 1. The molecule has 1 aromatic heterocycles. The van der Waals surface area contributed by atoms with Gasteiger partial charge >= 0.3 is 5.38 Å². The summed E-state index contributed by atoms with van der Waals surface area (Å²) < 4.78 is 25.2. The summed E-state index contributed by atoms with van der Waals surface area (Å²) in [6.45, 7) is 2.72. The van der Waals surface area contributed by atoms with Crippen LogP contribution in [0.4, 0.5) is 8.78 Å². The molecule has 17 heavy (non-hydrogen) atoms. The maximum Gasteiger partial charge on any atom is 0.334 e. The Bertz CT molecular complexity index is 332. The fraction of sp³-hybridized carbons (Fsp3) is 0.875. The molecule has 0 saturated carbocycles. The number of nitrogens with one attached hydrogen (secondary N) is 1. The largest absolute Gasteiger partial charge is 0.334 e. The van der Waals surface area contributed by atoms with E-state index in [0.717, 1.165) is 0 Å². The number of nitrogens with zero attached hydrogens (tertiary/aromatic N) is 5. The van der Waals surface area contributed by atoms with Crippen molar-refractivity contribution >= 4 is 11.6 Å². The molecule has 0 radical (unpaired) electrons. The van der Waals surface area contributed by atoms with Crippen molar-refractivity contribution in [3.8, 4) is 0 Å². The summed E-state index contributed by atoms with van der Waals surface area (Å²) >= 11 is 4.90. The Morgan fingerprint density at radius 2 is 1.88 bits per heavy atom. The normalized spacial score (nSPS) is 19.7. The fourth-order valence-electron chi connectivity index (χ4n) is 1.81. The summed E-state index contributed by atoms with van der Waals surface area (Å²) in [6, 6.07) is 0. The van der Waals surface area contributed by atoms with E-state index >= 15 is 0 Å². The van der Waals surface area contributed by atoms with Gasteiger partial charge in [-0.1, -0.05) is 5.21 Å². The van der Waals surface area contributed by atoms with Crippen LogP contribution in [-0.2, 0) is 6.54 Å². The summed E-state index contributed by atoms with van der Waals surface area (Å²) in [5.74, 6) is 0.612. The first-order valence-electron chi connectivity index (χ1n) is 5.27. The van der Waals surface area contributed by atoms with E-state index < -0.39 is 11.9 Å². The number of piperazine rings is 1. The molecule has 1 N–H and O–H groups in total. The van der Waals surface area contributed by atoms with Crippen LogP contribution in [0.25, 0.3) is 0 Å². The van der Waals surface area contributed by atoms with Gasteiger partial charge in [-0.15, -0.1) is 10.2 Å². The molecule has 96 valence electrons. The summed E-state index contributed by atoms with van der Waals surface area (Å²) in [4.78, 5) is 3.74. The van der Waals surface area contributed by atoms with Crippen molar-refractivity contribution < 1.29 is 8.78 Å². The quantitative estimate of drug-likeness (QED) is 0.786.